The summed E-state index contributed by atoms with van der Waals surface area (Å²) in [5, 5.41) is 0. The summed E-state index contributed by atoms with van der Waals surface area (Å²) in [6, 6.07) is 0. The summed E-state index contributed by atoms with van der Waals surface area (Å²) in [6.45, 7) is 6.29. The molecule has 2 nitrogen and oxygen atoms in total. The molecule has 1 aliphatic heterocycles. The fraction of sp³-hybridized carbons (Fsp3) is 0.923. The second-order valence-corrected chi connectivity index (χ2v) is 10.2. The van der Waals surface area contributed by atoms with Crippen LogP contribution in [-0.2, 0) is 9.47 Å². The molecule has 1 saturated heterocycles. The molecule has 3 rings (SSSR count). The Morgan fingerprint density at radius 1 is 0.767 bits per heavy atom. The molecule has 0 amide bonds. The van der Waals surface area contributed by atoms with Crippen LogP contribution < -0.4 is 0 Å². The third-order valence-electron chi connectivity index (χ3n) is 7.76. The first kappa shape index (κ1) is 24.2. The maximum atomic E-state index is 14.3. The summed E-state index contributed by atoms with van der Waals surface area (Å²) in [6.07, 6.45) is 15.0. The molecule has 0 N–H and O–H groups in total. The molecule has 0 spiro atoms. The molecule has 2 aliphatic carbocycles. The highest BCUT2D eigenvalue weighted by atomic mass is 19.2. The lowest BCUT2D eigenvalue weighted by molar-refractivity contribution is -0.115. The van der Waals surface area contributed by atoms with Gasteiger partial charge in [0.15, 0.2) is 6.29 Å². The van der Waals surface area contributed by atoms with Gasteiger partial charge in [-0.2, -0.15) is 0 Å². The molecule has 0 radical (unpaired) electrons. The largest absolute Gasteiger partial charge is 0.346 e. The van der Waals surface area contributed by atoms with Crippen molar-refractivity contribution < 1.29 is 18.3 Å². The van der Waals surface area contributed by atoms with Gasteiger partial charge in [0.2, 0.25) is 0 Å². The van der Waals surface area contributed by atoms with Gasteiger partial charge < -0.3 is 9.47 Å². The van der Waals surface area contributed by atoms with Crippen molar-refractivity contribution in [3.05, 3.63) is 12.2 Å². The quantitative estimate of drug-likeness (QED) is 0.354. The van der Waals surface area contributed by atoms with Crippen molar-refractivity contribution in [3.8, 4) is 0 Å². The SMILES string of the molecule is CCCCC1OC(C2CCC(C=CC3CCC(C)C(F)C3F)CC2)OC1CCCC. The first-order valence-electron chi connectivity index (χ1n) is 12.8. The molecule has 6 atom stereocenters. The molecule has 0 bridgehead atoms. The van der Waals surface area contributed by atoms with Crippen LogP contribution in [0.2, 0.25) is 0 Å². The molecule has 3 fully saturated rings. The molecule has 6 unspecified atom stereocenters. The third kappa shape index (κ3) is 6.28. The molecular weight excluding hydrogens is 382 g/mol. The summed E-state index contributed by atoms with van der Waals surface area (Å²) in [4.78, 5) is 0. The van der Waals surface area contributed by atoms with Crippen molar-refractivity contribution in [3.63, 3.8) is 0 Å². The number of unbranched alkanes of at least 4 members (excludes halogenated alkanes) is 2. The van der Waals surface area contributed by atoms with Crippen LogP contribution in [0.5, 0.6) is 0 Å². The fourth-order valence-electron chi connectivity index (χ4n) is 5.53. The number of hydrogen-bond donors (Lipinski definition) is 0. The van der Waals surface area contributed by atoms with Crippen LogP contribution in [0, 0.1) is 23.7 Å². The van der Waals surface area contributed by atoms with Crippen molar-refractivity contribution in [1.82, 2.24) is 0 Å². The topological polar surface area (TPSA) is 18.5 Å². The van der Waals surface area contributed by atoms with Crippen molar-refractivity contribution >= 4 is 0 Å². The van der Waals surface area contributed by atoms with Crippen molar-refractivity contribution in [2.45, 2.75) is 129 Å². The first-order chi connectivity index (χ1) is 14.5. The summed E-state index contributed by atoms with van der Waals surface area (Å²) in [7, 11) is 0. The maximum absolute atomic E-state index is 14.3. The van der Waals surface area contributed by atoms with Gasteiger partial charge in [-0.1, -0.05) is 58.6 Å². The van der Waals surface area contributed by atoms with Gasteiger partial charge in [-0.15, -0.1) is 0 Å². The number of halogens is 2. The second-order valence-electron chi connectivity index (χ2n) is 10.2. The zero-order valence-electron chi connectivity index (χ0n) is 19.4. The smallest absolute Gasteiger partial charge is 0.161 e. The molecule has 1 heterocycles. The zero-order chi connectivity index (χ0) is 21.5. The standard InChI is InChI=1S/C26H44F2O2/c1-4-6-8-22-23(9-7-5-2)30-26(29-22)21-16-12-19(13-17-21)11-15-20-14-10-18(3)24(27)25(20)28/h11,15,18-26H,4-10,12-14,16-17H2,1-3H3. The van der Waals surface area contributed by atoms with Gasteiger partial charge in [0, 0.05) is 11.8 Å². The summed E-state index contributed by atoms with van der Waals surface area (Å²) in [5.41, 5.74) is 0. The Balaban J connectivity index is 1.45. The Labute approximate surface area is 183 Å². The Morgan fingerprint density at radius 2 is 1.37 bits per heavy atom. The van der Waals surface area contributed by atoms with Gasteiger partial charge in [-0.05, 0) is 63.2 Å². The molecule has 3 aliphatic rings. The molecular formula is C26H44F2O2. The molecule has 30 heavy (non-hydrogen) atoms. The van der Waals surface area contributed by atoms with Crippen LogP contribution in [0.15, 0.2) is 12.2 Å². The number of ether oxygens (including phenoxy) is 2. The minimum Gasteiger partial charge on any atom is -0.346 e. The Bertz CT molecular complexity index is 501. The minimum atomic E-state index is -1.33. The predicted molar refractivity (Wildman–Crippen MR) is 119 cm³/mol. The zero-order valence-corrected chi connectivity index (χ0v) is 19.4. The van der Waals surface area contributed by atoms with E-state index in [9.17, 15) is 8.78 Å². The van der Waals surface area contributed by atoms with Crippen molar-refractivity contribution in [2.24, 2.45) is 23.7 Å². The molecule has 0 aromatic carbocycles. The van der Waals surface area contributed by atoms with E-state index in [2.05, 4.69) is 19.9 Å². The normalized spacial score (nSPS) is 42.8. The second kappa shape index (κ2) is 11.9. The lowest BCUT2D eigenvalue weighted by Gasteiger charge is -2.32. The van der Waals surface area contributed by atoms with Gasteiger partial charge in [0.1, 0.15) is 12.3 Å². The van der Waals surface area contributed by atoms with Crippen molar-refractivity contribution in [1.29, 1.82) is 0 Å². The lowest BCUT2D eigenvalue weighted by atomic mass is 9.78. The van der Waals surface area contributed by atoms with E-state index in [1.807, 2.05) is 13.0 Å². The van der Waals surface area contributed by atoms with E-state index in [0.717, 1.165) is 51.4 Å². The summed E-state index contributed by atoms with van der Waals surface area (Å²) < 4.78 is 41.1. The summed E-state index contributed by atoms with van der Waals surface area (Å²) >= 11 is 0. The lowest BCUT2D eigenvalue weighted by Crippen LogP contribution is -2.36. The molecule has 174 valence electrons. The van der Waals surface area contributed by atoms with Gasteiger partial charge in [0.05, 0.1) is 12.2 Å². The van der Waals surface area contributed by atoms with E-state index in [0.29, 0.717) is 11.8 Å². The van der Waals surface area contributed by atoms with Crippen LogP contribution in [0.4, 0.5) is 8.78 Å². The van der Waals surface area contributed by atoms with E-state index in [1.165, 1.54) is 25.7 Å². The van der Waals surface area contributed by atoms with Gasteiger partial charge in [-0.25, -0.2) is 8.78 Å². The number of hydrogen-bond acceptors (Lipinski definition) is 2. The molecule has 4 heteroatoms. The third-order valence-corrected chi connectivity index (χ3v) is 7.76. The van der Waals surface area contributed by atoms with Crippen LogP contribution in [-0.4, -0.2) is 30.8 Å². The van der Waals surface area contributed by atoms with Crippen molar-refractivity contribution in [2.75, 3.05) is 0 Å². The molecule has 0 aromatic heterocycles. The fourth-order valence-corrected chi connectivity index (χ4v) is 5.53. The monoisotopic (exact) mass is 426 g/mol. The van der Waals surface area contributed by atoms with Gasteiger partial charge in [-0.3, -0.25) is 0 Å². The highest BCUT2D eigenvalue weighted by Gasteiger charge is 2.40. The van der Waals surface area contributed by atoms with E-state index in [4.69, 9.17) is 9.47 Å². The van der Waals surface area contributed by atoms with E-state index >= 15 is 0 Å². The van der Waals surface area contributed by atoms with E-state index < -0.39 is 12.3 Å². The van der Waals surface area contributed by atoms with Gasteiger partial charge in [0.25, 0.3) is 0 Å². The number of alkyl halides is 2. The highest BCUT2D eigenvalue weighted by Crippen LogP contribution is 2.39. The number of allylic oxidation sites excluding steroid dienone is 2. The Kier molecular flexibility index (Phi) is 9.62. The minimum absolute atomic E-state index is 0.0407. The Hall–Kier alpha value is -0.480. The van der Waals surface area contributed by atoms with Crippen LogP contribution in [0.25, 0.3) is 0 Å². The maximum Gasteiger partial charge on any atom is 0.161 e. The van der Waals surface area contributed by atoms with E-state index in [-0.39, 0.29) is 30.3 Å². The number of rotatable bonds is 9. The van der Waals surface area contributed by atoms with E-state index in [1.54, 1.807) is 0 Å². The molecule has 2 saturated carbocycles. The molecule has 0 aromatic rings. The van der Waals surface area contributed by atoms with Crippen LogP contribution in [0.1, 0.15) is 97.8 Å². The van der Waals surface area contributed by atoms with Crippen LogP contribution >= 0.6 is 0 Å². The first-order valence-corrected chi connectivity index (χ1v) is 12.8. The van der Waals surface area contributed by atoms with Crippen LogP contribution in [0.3, 0.4) is 0 Å². The summed E-state index contributed by atoms with van der Waals surface area (Å²) in [5.74, 6) is 0.576. The average molecular weight is 427 g/mol. The van der Waals surface area contributed by atoms with Gasteiger partial charge >= 0.3 is 0 Å². The predicted octanol–water partition coefficient (Wildman–Crippen LogP) is 7.56. The highest BCUT2D eigenvalue weighted by molar-refractivity contribution is 5.01. The Morgan fingerprint density at radius 3 is 1.93 bits per heavy atom. The average Bonchev–Trinajstić information content (AvgIpc) is 3.17.